The molecule has 0 spiro atoms. The fraction of sp³-hybridized carbons (Fsp3) is 0.368. The number of anilines is 2. The summed E-state index contributed by atoms with van der Waals surface area (Å²) in [7, 11) is 0. The van der Waals surface area contributed by atoms with Gasteiger partial charge in [0.2, 0.25) is 0 Å². The molecule has 0 radical (unpaired) electrons. The zero-order valence-corrected chi connectivity index (χ0v) is 16.1. The van der Waals surface area contributed by atoms with Gasteiger partial charge in [-0.1, -0.05) is 0 Å². The van der Waals surface area contributed by atoms with Crippen molar-refractivity contribution in [1.82, 2.24) is 20.5 Å². The van der Waals surface area contributed by atoms with Crippen LogP contribution in [-0.2, 0) is 0 Å². The van der Waals surface area contributed by atoms with Gasteiger partial charge in [0.15, 0.2) is 5.82 Å². The van der Waals surface area contributed by atoms with Crippen molar-refractivity contribution in [3.8, 4) is 17.1 Å². The van der Waals surface area contributed by atoms with Crippen molar-refractivity contribution in [2.45, 2.75) is 19.9 Å². The van der Waals surface area contributed by atoms with Crippen molar-refractivity contribution in [3.63, 3.8) is 0 Å². The topological polar surface area (TPSA) is 136 Å². The van der Waals surface area contributed by atoms with Gasteiger partial charge >= 0.3 is 0 Å². The van der Waals surface area contributed by atoms with E-state index in [1.54, 1.807) is 19.2 Å². The van der Waals surface area contributed by atoms with Gasteiger partial charge in [-0.25, -0.2) is 4.98 Å². The average Bonchev–Trinajstić information content (AvgIpc) is 2.68. The standard InChI is InChI=1S/C19H26N8O/c1-12-11-27(6-5-22-12)18-4-3-16(25-26-18)19-17(28)7-15(10-24-19)23-9-14(8-20)13(2)21/h3-4,7-8,10,12,20,22-23,28H,5-6,9,11,21H2,1-2H3. The van der Waals surface area contributed by atoms with Gasteiger partial charge in [-0.15, -0.1) is 10.2 Å². The molecule has 0 amide bonds. The van der Waals surface area contributed by atoms with Crippen LogP contribution in [0.5, 0.6) is 5.75 Å². The number of hydrogen-bond acceptors (Lipinski definition) is 9. The summed E-state index contributed by atoms with van der Waals surface area (Å²) < 4.78 is 0. The highest BCUT2D eigenvalue weighted by atomic mass is 16.3. The summed E-state index contributed by atoms with van der Waals surface area (Å²) >= 11 is 0. The highest BCUT2D eigenvalue weighted by Crippen LogP contribution is 2.28. The minimum absolute atomic E-state index is 0.00713. The molecule has 28 heavy (non-hydrogen) atoms. The molecule has 1 atom stereocenters. The first-order valence-electron chi connectivity index (χ1n) is 9.19. The Morgan fingerprint density at radius 1 is 1.46 bits per heavy atom. The summed E-state index contributed by atoms with van der Waals surface area (Å²) in [5.74, 6) is 0.825. The number of allylic oxidation sites excluding steroid dienone is 1. The van der Waals surface area contributed by atoms with Crippen LogP contribution in [0.25, 0.3) is 11.4 Å². The van der Waals surface area contributed by atoms with Gasteiger partial charge in [-0.3, -0.25) is 0 Å². The van der Waals surface area contributed by atoms with Crippen molar-refractivity contribution < 1.29 is 5.11 Å². The molecule has 1 fully saturated rings. The van der Waals surface area contributed by atoms with Crippen LogP contribution >= 0.6 is 0 Å². The van der Waals surface area contributed by atoms with E-state index < -0.39 is 0 Å². The van der Waals surface area contributed by atoms with E-state index in [-0.39, 0.29) is 5.75 Å². The number of nitrogens with two attached hydrogens (primary N) is 1. The van der Waals surface area contributed by atoms with Crippen LogP contribution in [0.1, 0.15) is 13.8 Å². The predicted octanol–water partition coefficient (Wildman–Crippen LogP) is 1.34. The maximum Gasteiger partial charge on any atom is 0.151 e. The van der Waals surface area contributed by atoms with Crippen LogP contribution < -0.4 is 21.3 Å². The average molecular weight is 382 g/mol. The monoisotopic (exact) mass is 382 g/mol. The third-order valence-corrected chi connectivity index (χ3v) is 4.62. The highest BCUT2D eigenvalue weighted by molar-refractivity contribution is 5.78. The lowest BCUT2D eigenvalue weighted by Gasteiger charge is -2.32. The third kappa shape index (κ3) is 4.55. The number of piperazine rings is 1. The summed E-state index contributed by atoms with van der Waals surface area (Å²) in [6, 6.07) is 5.70. The lowest BCUT2D eigenvalue weighted by atomic mass is 10.2. The molecule has 1 aliphatic heterocycles. The Bertz CT molecular complexity index is 861. The quantitative estimate of drug-likeness (QED) is 0.472. The lowest BCUT2D eigenvalue weighted by molar-refractivity contribution is 0.475. The summed E-state index contributed by atoms with van der Waals surface area (Å²) in [4.78, 5) is 6.49. The van der Waals surface area contributed by atoms with E-state index in [0.29, 0.717) is 40.9 Å². The molecule has 3 heterocycles. The Hall–Kier alpha value is -3.20. The van der Waals surface area contributed by atoms with E-state index in [1.165, 1.54) is 6.21 Å². The van der Waals surface area contributed by atoms with Crippen LogP contribution in [0.4, 0.5) is 11.5 Å². The number of aromatic nitrogens is 3. The molecular weight excluding hydrogens is 356 g/mol. The molecule has 9 nitrogen and oxygen atoms in total. The number of hydrogen-bond donors (Lipinski definition) is 5. The number of nitrogens with one attached hydrogen (secondary N) is 3. The maximum absolute atomic E-state index is 10.4. The second-order valence-corrected chi connectivity index (χ2v) is 6.88. The summed E-state index contributed by atoms with van der Waals surface area (Å²) in [6.07, 6.45) is 2.82. The van der Waals surface area contributed by atoms with Gasteiger partial charge in [0.1, 0.15) is 17.1 Å². The summed E-state index contributed by atoms with van der Waals surface area (Å²) in [5.41, 5.74) is 8.47. The second kappa shape index (κ2) is 8.66. The largest absolute Gasteiger partial charge is 0.506 e. The van der Waals surface area contributed by atoms with Gasteiger partial charge in [0.25, 0.3) is 0 Å². The Balaban J connectivity index is 1.71. The van der Waals surface area contributed by atoms with E-state index in [4.69, 9.17) is 11.1 Å². The SMILES string of the molecule is CC(N)=C(C=N)CNc1cnc(-c2ccc(N3CCNC(C)C3)nn2)c(O)c1. The molecule has 9 heteroatoms. The molecular formula is C19H26N8O. The van der Waals surface area contributed by atoms with Crippen molar-refractivity contribution >= 4 is 17.7 Å². The molecule has 0 bridgehead atoms. The van der Waals surface area contributed by atoms with Crippen LogP contribution in [0.15, 0.2) is 35.7 Å². The molecule has 2 aromatic heterocycles. The summed E-state index contributed by atoms with van der Waals surface area (Å²) in [5, 5.41) is 32.8. The van der Waals surface area contributed by atoms with Gasteiger partial charge in [-0.2, -0.15) is 0 Å². The Kier molecular flexibility index (Phi) is 6.05. The number of aromatic hydroxyl groups is 1. The van der Waals surface area contributed by atoms with E-state index in [2.05, 4.69) is 37.6 Å². The maximum atomic E-state index is 10.4. The highest BCUT2D eigenvalue weighted by Gasteiger charge is 2.18. The molecule has 1 aliphatic rings. The van der Waals surface area contributed by atoms with E-state index in [9.17, 15) is 5.11 Å². The first-order valence-corrected chi connectivity index (χ1v) is 9.19. The molecule has 1 unspecified atom stereocenters. The minimum atomic E-state index is 0.00713. The van der Waals surface area contributed by atoms with Crippen molar-refractivity contribution in [3.05, 3.63) is 35.7 Å². The summed E-state index contributed by atoms with van der Waals surface area (Å²) in [6.45, 7) is 6.94. The first-order chi connectivity index (χ1) is 13.5. The van der Waals surface area contributed by atoms with E-state index in [1.807, 2.05) is 12.1 Å². The molecule has 0 aliphatic carbocycles. The van der Waals surface area contributed by atoms with Crippen molar-refractivity contribution in [1.29, 1.82) is 5.41 Å². The van der Waals surface area contributed by atoms with Gasteiger partial charge in [0, 0.05) is 55.8 Å². The fourth-order valence-corrected chi connectivity index (χ4v) is 3.01. The number of pyridine rings is 1. The molecule has 0 aromatic carbocycles. The zero-order valence-electron chi connectivity index (χ0n) is 16.1. The molecule has 3 rings (SSSR count). The van der Waals surface area contributed by atoms with Crippen molar-refractivity contribution in [2.24, 2.45) is 5.73 Å². The van der Waals surface area contributed by atoms with Gasteiger partial charge in [0.05, 0.1) is 11.9 Å². The lowest BCUT2D eigenvalue weighted by Crippen LogP contribution is -2.49. The third-order valence-electron chi connectivity index (χ3n) is 4.62. The molecule has 1 saturated heterocycles. The van der Waals surface area contributed by atoms with Gasteiger partial charge in [-0.05, 0) is 26.0 Å². The molecule has 0 saturated carbocycles. The minimum Gasteiger partial charge on any atom is -0.506 e. The van der Waals surface area contributed by atoms with Crippen molar-refractivity contribution in [2.75, 3.05) is 36.4 Å². The predicted molar refractivity (Wildman–Crippen MR) is 111 cm³/mol. The smallest absolute Gasteiger partial charge is 0.151 e. The van der Waals surface area contributed by atoms with Crippen LogP contribution in [0, 0.1) is 5.41 Å². The van der Waals surface area contributed by atoms with E-state index >= 15 is 0 Å². The second-order valence-electron chi connectivity index (χ2n) is 6.88. The molecule has 148 valence electrons. The Morgan fingerprint density at radius 3 is 2.89 bits per heavy atom. The van der Waals surface area contributed by atoms with Gasteiger partial charge < -0.3 is 31.8 Å². The zero-order chi connectivity index (χ0) is 20.1. The van der Waals surface area contributed by atoms with Crippen LogP contribution in [0.2, 0.25) is 0 Å². The van der Waals surface area contributed by atoms with Crippen LogP contribution in [-0.4, -0.2) is 58.7 Å². The van der Waals surface area contributed by atoms with E-state index in [0.717, 1.165) is 25.5 Å². The first kappa shape index (κ1) is 19.6. The van der Waals surface area contributed by atoms with Crippen LogP contribution in [0.3, 0.4) is 0 Å². The Morgan fingerprint density at radius 2 is 2.29 bits per heavy atom. The normalized spacial score (nSPS) is 17.8. The molecule has 2 aromatic rings. The number of rotatable bonds is 6. The Labute approximate surface area is 164 Å². The number of nitrogens with zero attached hydrogens (tertiary/aromatic N) is 4. The molecule has 6 N–H and O–H groups in total. The fourth-order valence-electron chi connectivity index (χ4n) is 3.01.